The maximum atomic E-state index is 12.4. The molecule has 2 aromatic carbocycles. The predicted octanol–water partition coefficient (Wildman–Crippen LogP) is 5.95. The van der Waals surface area contributed by atoms with Crippen LogP contribution in [0.25, 0.3) is 0 Å². The minimum absolute atomic E-state index is 0.0969. The average molecular weight is 418 g/mol. The van der Waals surface area contributed by atoms with E-state index in [0.717, 1.165) is 5.69 Å². The van der Waals surface area contributed by atoms with Gasteiger partial charge in [-0.3, -0.25) is 5.43 Å². The van der Waals surface area contributed by atoms with E-state index in [1.807, 2.05) is 30.3 Å². The van der Waals surface area contributed by atoms with Gasteiger partial charge >= 0.3 is 5.97 Å². The van der Waals surface area contributed by atoms with E-state index in [0.29, 0.717) is 10.7 Å². The maximum absolute atomic E-state index is 12.4. The number of halogens is 2. The Morgan fingerprint density at radius 2 is 1.82 bits per heavy atom. The lowest BCUT2D eigenvalue weighted by Crippen LogP contribution is -2.06. The minimum Gasteiger partial charge on any atom is -0.462 e. The first-order valence-electron chi connectivity index (χ1n) is 8.44. The molecule has 0 aliphatic carbocycles. The van der Waals surface area contributed by atoms with Gasteiger partial charge in [0.1, 0.15) is 10.6 Å². The molecule has 0 atom stereocenters. The average Bonchev–Trinajstić information content (AvgIpc) is 3.00. The summed E-state index contributed by atoms with van der Waals surface area (Å²) < 4.78 is 10.8. The molecule has 0 unspecified atom stereocenters. The molecule has 0 aliphatic heterocycles. The van der Waals surface area contributed by atoms with Crippen molar-refractivity contribution >= 4 is 52.6 Å². The predicted molar refractivity (Wildman–Crippen MR) is 112 cm³/mol. The summed E-state index contributed by atoms with van der Waals surface area (Å²) in [6.45, 7) is 1.92. The summed E-state index contributed by atoms with van der Waals surface area (Å²) in [7, 11) is 0. The zero-order valence-corrected chi connectivity index (χ0v) is 16.4. The highest BCUT2D eigenvalue weighted by atomic mass is 35.5. The van der Waals surface area contributed by atoms with Crippen molar-refractivity contribution < 1.29 is 13.9 Å². The van der Waals surface area contributed by atoms with Gasteiger partial charge < -0.3 is 14.5 Å². The van der Waals surface area contributed by atoms with Crippen LogP contribution in [0.1, 0.15) is 23.0 Å². The SMILES string of the molecule is CCOC(=O)c1c(Nc2ccc(Cl)cc2)oc(/C=N/Nc2ccccc2)c1Cl. The number of esters is 1. The first-order chi connectivity index (χ1) is 13.6. The quantitative estimate of drug-likeness (QED) is 0.282. The van der Waals surface area contributed by atoms with Gasteiger partial charge in [0.15, 0.2) is 5.76 Å². The Morgan fingerprint density at radius 1 is 1.11 bits per heavy atom. The highest BCUT2D eigenvalue weighted by Crippen LogP contribution is 2.34. The second-order valence-corrected chi connectivity index (χ2v) is 6.39. The lowest BCUT2D eigenvalue weighted by Gasteiger charge is -2.06. The summed E-state index contributed by atoms with van der Waals surface area (Å²) in [6.07, 6.45) is 1.39. The lowest BCUT2D eigenvalue weighted by molar-refractivity contribution is 0.0527. The van der Waals surface area contributed by atoms with E-state index in [1.165, 1.54) is 6.21 Å². The van der Waals surface area contributed by atoms with E-state index in [9.17, 15) is 4.79 Å². The van der Waals surface area contributed by atoms with Crippen LogP contribution in [0, 0.1) is 0 Å². The van der Waals surface area contributed by atoms with Gasteiger partial charge in [0.2, 0.25) is 5.88 Å². The molecule has 1 heterocycles. The largest absolute Gasteiger partial charge is 0.462 e. The van der Waals surface area contributed by atoms with Crippen LogP contribution in [0.3, 0.4) is 0 Å². The van der Waals surface area contributed by atoms with Gasteiger partial charge in [-0.15, -0.1) is 0 Å². The van der Waals surface area contributed by atoms with Crippen LogP contribution >= 0.6 is 23.2 Å². The van der Waals surface area contributed by atoms with Crippen LogP contribution in [0.2, 0.25) is 10.0 Å². The number of para-hydroxylation sites is 1. The van der Waals surface area contributed by atoms with Crippen LogP contribution in [-0.4, -0.2) is 18.8 Å². The molecular weight excluding hydrogens is 401 g/mol. The van der Waals surface area contributed by atoms with Gasteiger partial charge in [0.05, 0.1) is 18.5 Å². The topological polar surface area (TPSA) is 75.9 Å². The van der Waals surface area contributed by atoms with Crippen LogP contribution in [-0.2, 0) is 4.74 Å². The van der Waals surface area contributed by atoms with Gasteiger partial charge in [-0.1, -0.05) is 41.4 Å². The third-order valence-corrected chi connectivity index (χ3v) is 4.23. The summed E-state index contributed by atoms with van der Waals surface area (Å²) in [5.41, 5.74) is 4.43. The Labute approximate surface area is 172 Å². The molecule has 0 radical (unpaired) electrons. The summed E-state index contributed by atoms with van der Waals surface area (Å²) in [4.78, 5) is 12.4. The molecule has 1 aromatic heterocycles. The fraction of sp³-hybridized carbons (Fsp3) is 0.100. The van der Waals surface area contributed by atoms with E-state index in [2.05, 4.69) is 15.8 Å². The number of benzene rings is 2. The Hall–Kier alpha value is -2.96. The Kier molecular flexibility index (Phi) is 6.57. The number of carbonyl (C=O) groups excluding carboxylic acids is 1. The molecule has 0 spiro atoms. The Balaban J connectivity index is 1.88. The van der Waals surface area contributed by atoms with Crippen molar-refractivity contribution in [2.24, 2.45) is 5.10 Å². The molecule has 144 valence electrons. The second kappa shape index (κ2) is 9.30. The number of hydrogen-bond acceptors (Lipinski definition) is 6. The number of anilines is 3. The van der Waals surface area contributed by atoms with Gasteiger partial charge in [-0.25, -0.2) is 4.79 Å². The number of rotatable bonds is 7. The first kappa shape index (κ1) is 19.8. The zero-order chi connectivity index (χ0) is 19.9. The molecule has 0 amide bonds. The summed E-state index contributed by atoms with van der Waals surface area (Å²) in [5, 5.41) is 7.81. The molecule has 2 N–H and O–H groups in total. The van der Waals surface area contributed by atoms with Gasteiger partial charge in [0.25, 0.3) is 0 Å². The molecule has 0 saturated heterocycles. The normalized spacial score (nSPS) is 10.8. The highest BCUT2D eigenvalue weighted by molar-refractivity contribution is 6.36. The van der Waals surface area contributed by atoms with E-state index < -0.39 is 5.97 Å². The second-order valence-electron chi connectivity index (χ2n) is 5.57. The number of hydrazone groups is 1. The van der Waals surface area contributed by atoms with E-state index in [4.69, 9.17) is 32.4 Å². The number of nitrogens with one attached hydrogen (secondary N) is 2. The van der Waals surface area contributed by atoms with Crippen LogP contribution in [0.4, 0.5) is 17.3 Å². The van der Waals surface area contributed by atoms with Crippen molar-refractivity contribution in [3.63, 3.8) is 0 Å². The van der Waals surface area contributed by atoms with Crippen LogP contribution in [0.15, 0.2) is 64.1 Å². The standard InChI is InChI=1S/C20H17Cl2N3O3/c1-2-27-20(26)17-18(22)16(12-23-25-15-6-4-3-5-7-15)28-19(17)24-14-10-8-13(21)9-11-14/h3-12,24-25H,2H2,1H3/b23-12+. The van der Waals surface area contributed by atoms with Gasteiger partial charge in [0, 0.05) is 10.7 Å². The van der Waals surface area contributed by atoms with Crippen molar-refractivity contribution in [3.8, 4) is 0 Å². The maximum Gasteiger partial charge on any atom is 0.345 e. The van der Waals surface area contributed by atoms with E-state index in [-0.39, 0.29) is 28.8 Å². The lowest BCUT2D eigenvalue weighted by atomic mass is 10.2. The molecule has 6 nitrogen and oxygen atoms in total. The molecular formula is C20H17Cl2N3O3. The molecule has 0 saturated carbocycles. The monoisotopic (exact) mass is 417 g/mol. The minimum atomic E-state index is -0.594. The summed E-state index contributed by atoms with van der Waals surface area (Å²) in [5.74, 6) is -0.222. The van der Waals surface area contributed by atoms with Crippen molar-refractivity contribution in [3.05, 3.63) is 76.0 Å². The van der Waals surface area contributed by atoms with E-state index in [1.54, 1.807) is 31.2 Å². The smallest absolute Gasteiger partial charge is 0.345 e. The summed E-state index contributed by atoms with van der Waals surface area (Å²) in [6, 6.07) is 16.3. The fourth-order valence-electron chi connectivity index (χ4n) is 2.33. The Bertz CT molecular complexity index is 970. The third-order valence-electron chi connectivity index (χ3n) is 3.61. The summed E-state index contributed by atoms with van der Waals surface area (Å²) >= 11 is 12.3. The highest BCUT2D eigenvalue weighted by Gasteiger charge is 2.25. The molecule has 3 rings (SSSR count). The molecule has 28 heavy (non-hydrogen) atoms. The first-order valence-corrected chi connectivity index (χ1v) is 9.20. The molecule has 8 heteroatoms. The number of carbonyl (C=O) groups is 1. The van der Waals surface area contributed by atoms with Crippen LogP contribution in [0.5, 0.6) is 0 Å². The zero-order valence-electron chi connectivity index (χ0n) is 14.9. The van der Waals surface area contributed by atoms with Crippen molar-refractivity contribution in [1.29, 1.82) is 0 Å². The third kappa shape index (κ3) is 4.85. The van der Waals surface area contributed by atoms with Crippen molar-refractivity contribution in [1.82, 2.24) is 0 Å². The van der Waals surface area contributed by atoms with Crippen LogP contribution < -0.4 is 10.7 Å². The van der Waals surface area contributed by atoms with Crippen molar-refractivity contribution in [2.45, 2.75) is 6.92 Å². The molecule has 3 aromatic rings. The van der Waals surface area contributed by atoms with Crippen molar-refractivity contribution in [2.75, 3.05) is 17.3 Å². The van der Waals surface area contributed by atoms with Gasteiger partial charge in [-0.05, 0) is 43.3 Å². The molecule has 0 fully saturated rings. The van der Waals surface area contributed by atoms with Gasteiger partial charge in [-0.2, -0.15) is 5.10 Å². The van der Waals surface area contributed by atoms with E-state index >= 15 is 0 Å². The Morgan fingerprint density at radius 3 is 2.50 bits per heavy atom. The number of hydrogen-bond donors (Lipinski definition) is 2. The fourth-order valence-corrected chi connectivity index (χ4v) is 2.70. The molecule has 0 bridgehead atoms. The number of ether oxygens (including phenoxy) is 1. The molecule has 0 aliphatic rings. The number of furan rings is 1. The number of nitrogens with zero attached hydrogens (tertiary/aromatic N) is 1.